The number of hydrogen-bond acceptors (Lipinski definition) is 4. The number of ether oxygens (including phenoxy) is 2. The molecule has 1 N–H and O–H groups in total. The molecule has 2 rings (SSSR count). The Morgan fingerprint density at radius 1 is 1.45 bits per heavy atom. The first-order chi connectivity index (χ1) is 9.20. The van der Waals surface area contributed by atoms with Crippen molar-refractivity contribution >= 4 is 18.3 Å². The highest BCUT2D eigenvalue weighted by molar-refractivity contribution is 5.85. The minimum Gasteiger partial charge on any atom is -0.376 e. The molecule has 0 aromatic rings. The summed E-state index contributed by atoms with van der Waals surface area (Å²) in [5.41, 5.74) is 0. The molecule has 2 fully saturated rings. The number of nitrogens with one attached hydrogen (secondary N) is 1. The monoisotopic (exact) mass is 306 g/mol. The highest BCUT2D eigenvalue weighted by Crippen LogP contribution is 2.15. The van der Waals surface area contributed by atoms with Crippen LogP contribution in [0.1, 0.15) is 32.6 Å². The normalized spacial score (nSPS) is 28.0. The quantitative estimate of drug-likeness (QED) is 0.829. The molecule has 20 heavy (non-hydrogen) atoms. The van der Waals surface area contributed by atoms with Crippen molar-refractivity contribution < 1.29 is 14.3 Å². The molecule has 0 spiro atoms. The maximum Gasteiger partial charge on any atom is 0.251 e. The fraction of sp³-hybridized carbons (Fsp3) is 0.929. The molecular formula is C14H27ClN2O3. The zero-order valence-electron chi connectivity index (χ0n) is 12.5. The average molecular weight is 307 g/mol. The Morgan fingerprint density at radius 2 is 2.25 bits per heavy atom. The van der Waals surface area contributed by atoms with E-state index >= 15 is 0 Å². The first-order valence-corrected chi connectivity index (χ1v) is 7.40. The van der Waals surface area contributed by atoms with Crippen molar-refractivity contribution in [1.82, 2.24) is 10.2 Å². The van der Waals surface area contributed by atoms with Crippen LogP contribution in [-0.2, 0) is 14.3 Å². The van der Waals surface area contributed by atoms with Crippen LogP contribution in [0.5, 0.6) is 0 Å². The van der Waals surface area contributed by atoms with E-state index in [-0.39, 0.29) is 30.5 Å². The van der Waals surface area contributed by atoms with E-state index < -0.39 is 0 Å². The van der Waals surface area contributed by atoms with Crippen LogP contribution < -0.4 is 5.32 Å². The predicted octanol–water partition coefficient (Wildman–Crippen LogP) is 1.20. The van der Waals surface area contributed by atoms with Gasteiger partial charge in [-0.1, -0.05) is 0 Å². The number of nitrogens with zero attached hydrogens (tertiary/aromatic N) is 1. The molecule has 2 heterocycles. The van der Waals surface area contributed by atoms with Gasteiger partial charge in [0.1, 0.15) is 6.10 Å². The summed E-state index contributed by atoms with van der Waals surface area (Å²) in [7, 11) is 1.95. The highest BCUT2D eigenvalue weighted by Gasteiger charge is 2.27. The maximum atomic E-state index is 12.3. The largest absolute Gasteiger partial charge is 0.376 e. The molecule has 2 aliphatic rings. The van der Waals surface area contributed by atoms with Gasteiger partial charge >= 0.3 is 0 Å². The number of hydrogen-bond donors (Lipinski definition) is 1. The van der Waals surface area contributed by atoms with E-state index in [9.17, 15) is 4.79 Å². The molecule has 3 unspecified atom stereocenters. The number of carbonyl (C=O) groups excluding carboxylic acids is 1. The molecule has 0 aliphatic carbocycles. The van der Waals surface area contributed by atoms with E-state index in [0.29, 0.717) is 12.6 Å². The highest BCUT2D eigenvalue weighted by atomic mass is 35.5. The van der Waals surface area contributed by atoms with E-state index in [0.717, 1.165) is 45.4 Å². The van der Waals surface area contributed by atoms with Gasteiger partial charge < -0.3 is 19.7 Å². The SMILES string of the molecule is CNC1CCCN(C(=O)C(C)OCC2CCCO2)C1.Cl. The number of rotatable bonds is 5. The Kier molecular flexibility index (Phi) is 7.80. The van der Waals surface area contributed by atoms with Crippen molar-refractivity contribution in [3.05, 3.63) is 0 Å². The number of likely N-dealkylation sites (tertiary alicyclic amines) is 1. The molecule has 3 atom stereocenters. The van der Waals surface area contributed by atoms with Crippen molar-refractivity contribution in [3.8, 4) is 0 Å². The zero-order valence-corrected chi connectivity index (χ0v) is 13.3. The van der Waals surface area contributed by atoms with Gasteiger partial charge in [0.05, 0.1) is 12.7 Å². The molecule has 0 bridgehead atoms. The second kappa shape index (κ2) is 8.82. The predicted molar refractivity (Wildman–Crippen MR) is 80.3 cm³/mol. The Morgan fingerprint density at radius 3 is 2.90 bits per heavy atom. The van der Waals surface area contributed by atoms with Gasteiger partial charge in [-0.25, -0.2) is 0 Å². The number of piperidine rings is 1. The molecule has 5 nitrogen and oxygen atoms in total. The molecule has 0 saturated carbocycles. The van der Waals surface area contributed by atoms with Crippen molar-refractivity contribution in [1.29, 1.82) is 0 Å². The summed E-state index contributed by atoms with van der Waals surface area (Å²) < 4.78 is 11.2. The molecule has 2 saturated heterocycles. The van der Waals surface area contributed by atoms with Gasteiger partial charge in [0.2, 0.25) is 0 Å². The van der Waals surface area contributed by atoms with E-state index in [1.54, 1.807) is 0 Å². The first-order valence-electron chi connectivity index (χ1n) is 7.40. The maximum absolute atomic E-state index is 12.3. The van der Waals surface area contributed by atoms with Crippen molar-refractivity contribution in [2.45, 2.75) is 50.9 Å². The zero-order chi connectivity index (χ0) is 13.7. The summed E-state index contributed by atoms with van der Waals surface area (Å²) in [6.45, 7) is 4.86. The van der Waals surface area contributed by atoms with Crippen LogP contribution in [0.4, 0.5) is 0 Å². The first kappa shape index (κ1) is 17.7. The lowest BCUT2D eigenvalue weighted by Gasteiger charge is -2.34. The van der Waals surface area contributed by atoms with Crippen LogP contribution in [0.3, 0.4) is 0 Å². The van der Waals surface area contributed by atoms with E-state index in [4.69, 9.17) is 9.47 Å². The minimum atomic E-state index is -0.361. The summed E-state index contributed by atoms with van der Waals surface area (Å²) in [5, 5.41) is 3.25. The van der Waals surface area contributed by atoms with Crippen LogP contribution in [0.15, 0.2) is 0 Å². The van der Waals surface area contributed by atoms with Crippen molar-refractivity contribution in [3.63, 3.8) is 0 Å². The van der Waals surface area contributed by atoms with E-state index in [2.05, 4.69) is 5.32 Å². The standard InChI is InChI=1S/C14H26N2O3.ClH/c1-11(19-10-13-6-4-8-18-13)14(17)16-7-3-5-12(9-16)15-2;/h11-13,15H,3-10H2,1-2H3;1H. The summed E-state index contributed by atoms with van der Waals surface area (Å²) in [5.74, 6) is 0.109. The third kappa shape index (κ3) is 4.88. The summed E-state index contributed by atoms with van der Waals surface area (Å²) in [6, 6.07) is 0.420. The Balaban J connectivity index is 0.00000200. The second-order valence-electron chi connectivity index (χ2n) is 5.52. The molecule has 0 aromatic heterocycles. The number of halogens is 1. The molecule has 1 amide bonds. The third-order valence-electron chi connectivity index (χ3n) is 4.05. The summed E-state index contributed by atoms with van der Waals surface area (Å²) in [6.07, 6.45) is 4.18. The molecule has 2 aliphatic heterocycles. The summed E-state index contributed by atoms with van der Waals surface area (Å²) >= 11 is 0. The molecule has 0 aromatic carbocycles. The number of carbonyl (C=O) groups is 1. The molecule has 0 radical (unpaired) electrons. The molecule has 6 heteroatoms. The number of likely N-dealkylation sites (N-methyl/N-ethyl adjacent to an activating group) is 1. The Labute approximate surface area is 127 Å². The average Bonchev–Trinajstić information content (AvgIpc) is 2.97. The lowest BCUT2D eigenvalue weighted by Crippen LogP contribution is -2.50. The Bertz CT molecular complexity index is 298. The van der Waals surface area contributed by atoms with Crippen LogP contribution in [-0.4, -0.2) is 62.4 Å². The van der Waals surface area contributed by atoms with Crippen LogP contribution in [0.25, 0.3) is 0 Å². The molecular weight excluding hydrogens is 280 g/mol. The minimum absolute atomic E-state index is 0. The topological polar surface area (TPSA) is 50.8 Å². The van der Waals surface area contributed by atoms with E-state index in [1.807, 2.05) is 18.9 Å². The molecule has 118 valence electrons. The Hall–Kier alpha value is -0.360. The summed E-state index contributed by atoms with van der Waals surface area (Å²) in [4.78, 5) is 14.2. The van der Waals surface area contributed by atoms with Gasteiger partial charge in [-0.15, -0.1) is 12.4 Å². The van der Waals surface area contributed by atoms with Crippen molar-refractivity contribution in [2.75, 3.05) is 33.4 Å². The van der Waals surface area contributed by atoms with Crippen LogP contribution in [0, 0.1) is 0 Å². The van der Waals surface area contributed by atoms with Gasteiger partial charge in [0.25, 0.3) is 5.91 Å². The van der Waals surface area contributed by atoms with Gasteiger partial charge in [-0.05, 0) is 39.7 Å². The smallest absolute Gasteiger partial charge is 0.251 e. The van der Waals surface area contributed by atoms with Gasteiger partial charge in [-0.3, -0.25) is 4.79 Å². The third-order valence-corrected chi connectivity index (χ3v) is 4.05. The van der Waals surface area contributed by atoms with Gasteiger partial charge in [-0.2, -0.15) is 0 Å². The number of amides is 1. The fourth-order valence-corrected chi connectivity index (χ4v) is 2.77. The van der Waals surface area contributed by atoms with Gasteiger partial charge in [0, 0.05) is 25.7 Å². The van der Waals surface area contributed by atoms with Gasteiger partial charge in [0.15, 0.2) is 0 Å². The van der Waals surface area contributed by atoms with Crippen molar-refractivity contribution in [2.24, 2.45) is 0 Å². The van der Waals surface area contributed by atoms with Crippen LogP contribution in [0.2, 0.25) is 0 Å². The lowest BCUT2D eigenvalue weighted by molar-refractivity contribution is -0.145. The fourth-order valence-electron chi connectivity index (χ4n) is 2.77. The van der Waals surface area contributed by atoms with Crippen LogP contribution >= 0.6 is 12.4 Å². The van der Waals surface area contributed by atoms with E-state index in [1.165, 1.54) is 0 Å². The second-order valence-corrected chi connectivity index (χ2v) is 5.52. The lowest BCUT2D eigenvalue weighted by atomic mass is 10.1.